The van der Waals surface area contributed by atoms with Gasteiger partial charge in [0.2, 0.25) is 5.91 Å². The van der Waals surface area contributed by atoms with E-state index in [1.807, 2.05) is 0 Å². The van der Waals surface area contributed by atoms with Crippen LogP contribution in [0, 0.1) is 0 Å². The number of rotatable bonds is 1. The molecule has 20 heavy (non-hydrogen) atoms. The number of hydrogen-bond acceptors (Lipinski definition) is 3. The van der Waals surface area contributed by atoms with E-state index in [2.05, 4.69) is 10.3 Å². The van der Waals surface area contributed by atoms with E-state index in [1.165, 1.54) is 6.20 Å². The van der Waals surface area contributed by atoms with Crippen LogP contribution in [0.1, 0.15) is 5.56 Å². The number of hydrogen-bond donors (Lipinski definition) is 1. The summed E-state index contributed by atoms with van der Waals surface area (Å²) in [6, 6.07) is 7.94. The number of nitrogens with zero attached hydrogens (tertiary/aromatic N) is 2. The summed E-state index contributed by atoms with van der Waals surface area (Å²) in [4.78, 5) is 29.2. The molecule has 0 aliphatic carbocycles. The van der Waals surface area contributed by atoms with E-state index >= 15 is 0 Å². The van der Waals surface area contributed by atoms with Gasteiger partial charge in [-0.1, -0.05) is 11.6 Å². The molecule has 0 unspecified atom stereocenters. The monoisotopic (exact) mass is 287 g/mol. The van der Waals surface area contributed by atoms with Gasteiger partial charge in [0, 0.05) is 11.2 Å². The Balaban J connectivity index is 1.88. The van der Waals surface area contributed by atoms with Gasteiger partial charge in [-0.05, 0) is 35.9 Å². The van der Waals surface area contributed by atoms with Crippen molar-refractivity contribution in [1.82, 2.24) is 4.98 Å². The number of benzene rings is 1. The molecule has 1 aromatic heterocycles. The summed E-state index contributed by atoms with van der Waals surface area (Å²) in [7, 11) is 0. The zero-order valence-electron chi connectivity index (χ0n) is 10.3. The highest BCUT2D eigenvalue weighted by Gasteiger charge is 2.32. The van der Waals surface area contributed by atoms with Crippen molar-refractivity contribution in [2.45, 2.75) is 6.42 Å². The van der Waals surface area contributed by atoms with E-state index in [0.717, 1.165) is 10.5 Å². The number of amides is 3. The maximum Gasteiger partial charge on any atom is 0.333 e. The molecule has 2 aromatic rings. The molecule has 0 bridgehead atoms. The highest BCUT2D eigenvalue weighted by Crippen LogP contribution is 2.31. The molecule has 5 nitrogen and oxygen atoms in total. The van der Waals surface area contributed by atoms with Crippen molar-refractivity contribution in [2.24, 2.45) is 0 Å². The van der Waals surface area contributed by atoms with Crippen molar-refractivity contribution < 1.29 is 9.59 Å². The molecule has 3 rings (SSSR count). The van der Waals surface area contributed by atoms with E-state index in [0.29, 0.717) is 16.4 Å². The van der Waals surface area contributed by atoms with Crippen molar-refractivity contribution in [3.05, 3.63) is 53.3 Å². The van der Waals surface area contributed by atoms with E-state index in [-0.39, 0.29) is 12.3 Å². The summed E-state index contributed by atoms with van der Waals surface area (Å²) in [5.41, 5.74) is 1.86. The number of aromatic nitrogens is 1. The Morgan fingerprint density at radius 2 is 2.20 bits per heavy atom. The van der Waals surface area contributed by atoms with E-state index in [1.54, 1.807) is 36.5 Å². The minimum atomic E-state index is -0.496. The summed E-state index contributed by atoms with van der Waals surface area (Å²) >= 11 is 5.89. The normalized spacial score (nSPS) is 13.2. The van der Waals surface area contributed by atoms with Crippen molar-refractivity contribution in [1.29, 1.82) is 0 Å². The molecular formula is C14H10ClN3O2. The Hall–Kier alpha value is -2.40. The molecule has 0 saturated carbocycles. The first-order chi connectivity index (χ1) is 9.65. The maximum atomic E-state index is 12.2. The Morgan fingerprint density at radius 1 is 1.35 bits per heavy atom. The standard InChI is InChI=1S/C14H10ClN3O2/c15-10-3-4-12-9(6-10)7-13(19)18(12)14(20)17-11-2-1-5-16-8-11/h1-6,8H,7H2,(H,17,20). The molecule has 100 valence electrons. The predicted molar refractivity (Wildman–Crippen MR) is 75.9 cm³/mol. The van der Waals surface area contributed by atoms with Crippen molar-refractivity contribution >= 4 is 34.9 Å². The first-order valence-corrected chi connectivity index (χ1v) is 6.35. The first kappa shape index (κ1) is 12.6. The maximum absolute atomic E-state index is 12.2. The second kappa shape index (κ2) is 4.94. The van der Waals surface area contributed by atoms with Gasteiger partial charge in [-0.3, -0.25) is 9.78 Å². The lowest BCUT2D eigenvalue weighted by Crippen LogP contribution is -2.37. The number of carbonyl (C=O) groups is 2. The van der Waals surface area contributed by atoms with Crippen LogP contribution in [0.2, 0.25) is 5.02 Å². The van der Waals surface area contributed by atoms with Crippen LogP contribution in [0.25, 0.3) is 0 Å². The molecule has 1 aliphatic heterocycles. The van der Waals surface area contributed by atoms with Gasteiger partial charge in [0.05, 0.1) is 24.0 Å². The quantitative estimate of drug-likeness (QED) is 0.877. The van der Waals surface area contributed by atoms with Gasteiger partial charge in [0.1, 0.15) is 0 Å². The van der Waals surface area contributed by atoms with Crippen molar-refractivity contribution in [3.63, 3.8) is 0 Å². The SMILES string of the molecule is O=C1Cc2cc(Cl)ccc2N1C(=O)Nc1cccnc1. The molecule has 0 fully saturated rings. The van der Waals surface area contributed by atoms with Crippen LogP contribution in [0.5, 0.6) is 0 Å². The topological polar surface area (TPSA) is 62.3 Å². The van der Waals surface area contributed by atoms with Crippen LogP contribution < -0.4 is 10.2 Å². The molecule has 3 amide bonds. The fraction of sp³-hybridized carbons (Fsp3) is 0.0714. The van der Waals surface area contributed by atoms with Crippen LogP contribution in [-0.2, 0) is 11.2 Å². The third-order valence-corrected chi connectivity index (χ3v) is 3.22. The third-order valence-electron chi connectivity index (χ3n) is 2.99. The lowest BCUT2D eigenvalue weighted by molar-refractivity contribution is -0.116. The summed E-state index contributed by atoms with van der Waals surface area (Å²) in [5.74, 6) is -0.274. The van der Waals surface area contributed by atoms with E-state index < -0.39 is 6.03 Å². The lowest BCUT2D eigenvalue weighted by atomic mass is 10.2. The van der Waals surface area contributed by atoms with Gasteiger partial charge in [-0.25, -0.2) is 9.69 Å². The average Bonchev–Trinajstić information content (AvgIpc) is 2.74. The Kier molecular flexibility index (Phi) is 3.12. The summed E-state index contributed by atoms with van der Waals surface area (Å²) < 4.78 is 0. The zero-order valence-corrected chi connectivity index (χ0v) is 11.1. The van der Waals surface area contributed by atoms with Gasteiger partial charge in [-0.15, -0.1) is 0 Å². The Labute approximate surface area is 120 Å². The number of fused-ring (bicyclic) bond motifs is 1. The molecule has 0 atom stereocenters. The molecular weight excluding hydrogens is 278 g/mol. The van der Waals surface area contributed by atoms with Gasteiger partial charge in [0.25, 0.3) is 0 Å². The van der Waals surface area contributed by atoms with Gasteiger partial charge >= 0.3 is 6.03 Å². The predicted octanol–water partition coefficient (Wildman–Crippen LogP) is 2.86. The largest absolute Gasteiger partial charge is 0.333 e. The van der Waals surface area contributed by atoms with Crippen LogP contribution in [0.3, 0.4) is 0 Å². The molecule has 0 saturated heterocycles. The van der Waals surface area contributed by atoms with Crippen molar-refractivity contribution in [3.8, 4) is 0 Å². The molecule has 1 aromatic carbocycles. The molecule has 1 aliphatic rings. The minimum Gasteiger partial charge on any atom is -0.306 e. The fourth-order valence-corrected chi connectivity index (χ4v) is 2.32. The number of halogens is 1. The Morgan fingerprint density at radius 3 is 2.95 bits per heavy atom. The van der Waals surface area contributed by atoms with Gasteiger partial charge in [-0.2, -0.15) is 0 Å². The molecule has 2 heterocycles. The van der Waals surface area contributed by atoms with Crippen LogP contribution in [0.4, 0.5) is 16.2 Å². The highest BCUT2D eigenvalue weighted by molar-refractivity contribution is 6.31. The molecule has 0 radical (unpaired) electrons. The van der Waals surface area contributed by atoms with Crippen LogP contribution in [0.15, 0.2) is 42.7 Å². The minimum absolute atomic E-state index is 0.177. The third kappa shape index (κ3) is 2.23. The lowest BCUT2D eigenvalue weighted by Gasteiger charge is -2.16. The van der Waals surface area contributed by atoms with Gasteiger partial charge < -0.3 is 5.32 Å². The smallest absolute Gasteiger partial charge is 0.306 e. The van der Waals surface area contributed by atoms with Crippen LogP contribution in [-0.4, -0.2) is 16.9 Å². The number of pyridine rings is 1. The van der Waals surface area contributed by atoms with Gasteiger partial charge in [0.15, 0.2) is 0 Å². The number of anilines is 2. The summed E-state index contributed by atoms with van der Waals surface area (Å²) in [6.07, 6.45) is 3.30. The van der Waals surface area contributed by atoms with Crippen LogP contribution >= 0.6 is 11.6 Å². The fourth-order valence-electron chi connectivity index (χ4n) is 2.13. The summed E-state index contributed by atoms with van der Waals surface area (Å²) in [6.45, 7) is 0. The van der Waals surface area contributed by atoms with Crippen molar-refractivity contribution in [2.75, 3.05) is 10.2 Å². The van der Waals surface area contributed by atoms with E-state index in [4.69, 9.17) is 11.6 Å². The average molecular weight is 288 g/mol. The zero-order chi connectivity index (χ0) is 14.1. The molecule has 0 spiro atoms. The second-order valence-corrected chi connectivity index (χ2v) is 4.79. The molecule has 6 heteroatoms. The number of urea groups is 1. The Bertz CT molecular complexity index is 688. The number of nitrogens with one attached hydrogen (secondary N) is 1. The summed E-state index contributed by atoms with van der Waals surface area (Å²) in [5, 5.41) is 3.19. The van der Waals surface area contributed by atoms with E-state index in [9.17, 15) is 9.59 Å². The number of imide groups is 1. The highest BCUT2D eigenvalue weighted by atomic mass is 35.5. The first-order valence-electron chi connectivity index (χ1n) is 5.97. The molecule has 1 N–H and O–H groups in total. The number of carbonyl (C=O) groups excluding carboxylic acids is 2. The second-order valence-electron chi connectivity index (χ2n) is 4.35.